The number of aromatic amines is 1. The van der Waals surface area contributed by atoms with Gasteiger partial charge in [0, 0.05) is 34.9 Å². The van der Waals surface area contributed by atoms with Crippen molar-refractivity contribution >= 4 is 38.2 Å². The standard InChI is InChI=1S/C21H16ClN3O3S/c22-15-6-7-18-17(12-15)20(29(27,28)16-4-2-1-3-5-16)19(25-18)21(26)24-13-14-8-10-23-11-9-14/h1-12,25H,13H2,(H,24,26). The van der Waals surface area contributed by atoms with E-state index in [2.05, 4.69) is 15.3 Å². The van der Waals surface area contributed by atoms with Crippen molar-refractivity contribution in [2.45, 2.75) is 16.3 Å². The van der Waals surface area contributed by atoms with Crippen molar-refractivity contribution in [1.82, 2.24) is 15.3 Å². The maximum atomic E-state index is 13.4. The summed E-state index contributed by atoms with van der Waals surface area (Å²) in [5.41, 5.74) is 1.33. The van der Waals surface area contributed by atoms with Gasteiger partial charge in [0.1, 0.15) is 10.6 Å². The van der Waals surface area contributed by atoms with Gasteiger partial charge < -0.3 is 10.3 Å². The van der Waals surface area contributed by atoms with E-state index in [0.717, 1.165) is 5.56 Å². The molecule has 0 saturated carbocycles. The lowest BCUT2D eigenvalue weighted by Crippen LogP contribution is -2.25. The van der Waals surface area contributed by atoms with Crippen LogP contribution in [0.5, 0.6) is 0 Å². The molecule has 2 aromatic heterocycles. The lowest BCUT2D eigenvalue weighted by atomic mass is 10.2. The molecule has 0 bridgehead atoms. The van der Waals surface area contributed by atoms with Crippen molar-refractivity contribution in [3.05, 3.63) is 89.3 Å². The highest BCUT2D eigenvalue weighted by Gasteiger charge is 2.29. The number of H-pyrrole nitrogens is 1. The molecule has 146 valence electrons. The molecule has 29 heavy (non-hydrogen) atoms. The number of amides is 1. The molecule has 6 nitrogen and oxygen atoms in total. The van der Waals surface area contributed by atoms with Crippen LogP contribution in [-0.2, 0) is 16.4 Å². The van der Waals surface area contributed by atoms with E-state index in [0.29, 0.717) is 15.9 Å². The highest BCUT2D eigenvalue weighted by atomic mass is 35.5. The van der Waals surface area contributed by atoms with Gasteiger partial charge in [-0.3, -0.25) is 9.78 Å². The Morgan fingerprint density at radius 1 is 1.03 bits per heavy atom. The number of fused-ring (bicyclic) bond motifs is 1. The second-order valence-electron chi connectivity index (χ2n) is 6.37. The van der Waals surface area contributed by atoms with E-state index in [9.17, 15) is 13.2 Å². The summed E-state index contributed by atoms with van der Waals surface area (Å²) in [6.45, 7) is 0.238. The minimum absolute atomic E-state index is 0.0276. The average Bonchev–Trinajstić information content (AvgIpc) is 3.13. The Hall–Kier alpha value is -3.16. The van der Waals surface area contributed by atoms with Gasteiger partial charge in [0.25, 0.3) is 5.91 Å². The van der Waals surface area contributed by atoms with Crippen LogP contribution in [0.1, 0.15) is 16.1 Å². The predicted octanol–water partition coefficient (Wildman–Crippen LogP) is 3.98. The summed E-state index contributed by atoms with van der Waals surface area (Å²) in [5, 5.41) is 3.51. The Labute approximate surface area is 172 Å². The molecular weight excluding hydrogens is 410 g/mol. The van der Waals surface area contributed by atoms with Gasteiger partial charge in [-0.2, -0.15) is 0 Å². The summed E-state index contributed by atoms with van der Waals surface area (Å²) in [6, 6.07) is 16.4. The normalized spacial score (nSPS) is 11.5. The third kappa shape index (κ3) is 3.74. The maximum absolute atomic E-state index is 13.4. The molecule has 4 aromatic rings. The first-order chi connectivity index (χ1) is 14.0. The molecule has 0 fully saturated rings. The van der Waals surface area contributed by atoms with Gasteiger partial charge in [-0.05, 0) is 48.0 Å². The highest BCUT2D eigenvalue weighted by molar-refractivity contribution is 7.91. The minimum atomic E-state index is -3.96. The number of nitrogens with zero attached hydrogens (tertiary/aromatic N) is 1. The van der Waals surface area contributed by atoms with Crippen LogP contribution in [0.15, 0.2) is 82.8 Å². The third-order valence-electron chi connectivity index (χ3n) is 4.46. The number of halogens is 1. The number of nitrogens with one attached hydrogen (secondary N) is 2. The smallest absolute Gasteiger partial charge is 0.269 e. The largest absolute Gasteiger partial charge is 0.349 e. The Balaban J connectivity index is 1.82. The van der Waals surface area contributed by atoms with Crippen molar-refractivity contribution in [2.75, 3.05) is 0 Å². The number of hydrogen-bond acceptors (Lipinski definition) is 4. The topological polar surface area (TPSA) is 91.9 Å². The van der Waals surface area contributed by atoms with Crippen LogP contribution in [-0.4, -0.2) is 24.3 Å². The second kappa shape index (κ2) is 7.69. The monoisotopic (exact) mass is 425 g/mol. The van der Waals surface area contributed by atoms with E-state index < -0.39 is 15.7 Å². The third-order valence-corrected chi connectivity index (χ3v) is 6.55. The van der Waals surface area contributed by atoms with Crippen molar-refractivity contribution in [3.63, 3.8) is 0 Å². The van der Waals surface area contributed by atoms with Gasteiger partial charge in [0.15, 0.2) is 0 Å². The molecule has 2 heterocycles. The Kier molecular flexibility index (Phi) is 5.08. The number of rotatable bonds is 5. The molecule has 8 heteroatoms. The average molecular weight is 426 g/mol. The zero-order valence-electron chi connectivity index (χ0n) is 15.1. The van der Waals surface area contributed by atoms with E-state index in [1.54, 1.807) is 60.9 Å². The summed E-state index contributed by atoms with van der Waals surface area (Å²) < 4.78 is 26.7. The number of benzene rings is 2. The van der Waals surface area contributed by atoms with Crippen LogP contribution in [0.4, 0.5) is 0 Å². The molecule has 4 rings (SSSR count). The Bertz CT molecular complexity index is 1290. The van der Waals surface area contributed by atoms with Crippen molar-refractivity contribution in [2.24, 2.45) is 0 Å². The first-order valence-corrected chi connectivity index (χ1v) is 10.6. The van der Waals surface area contributed by atoms with Gasteiger partial charge in [0.05, 0.1) is 4.90 Å². The van der Waals surface area contributed by atoms with E-state index in [-0.39, 0.29) is 22.0 Å². The number of pyridine rings is 1. The van der Waals surface area contributed by atoms with Gasteiger partial charge in [-0.15, -0.1) is 0 Å². The molecule has 0 saturated heterocycles. The lowest BCUT2D eigenvalue weighted by molar-refractivity contribution is 0.0943. The molecule has 0 atom stereocenters. The van der Waals surface area contributed by atoms with Gasteiger partial charge in [-0.1, -0.05) is 29.8 Å². The fraction of sp³-hybridized carbons (Fsp3) is 0.0476. The maximum Gasteiger partial charge on any atom is 0.269 e. The molecule has 0 spiro atoms. The van der Waals surface area contributed by atoms with Crippen molar-refractivity contribution in [3.8, 4) is 0 Å². The lowest BCUT2D eigenvalue weighted by Gasteiger charge is -2.08. The Morgan fingerprint density at radius 2 is 1.76 bits per heavy atom. The molecule has 2 N–H and O–H groups in total. The summed E-state index contributed by atoms with van der Waals surface area (Å²) >= 11 is 6.10. The zero-order valence-corrected chi connectivity index (χ0v) is 16.7. The summed E-state index contributed by atoms with van der Waals surface area (Å²) in [7, 11) is -3.96. The van der Waals surface area contributed by atoms with Crippen LogP contribution in [0.3, 0.4) is 0 Å². The first-order valence-electron chi connectivity index (χ1n) is 8.75. The van der Waals surface area contributed by atoms with E-state index in [4.69, 9.17) is 11.6 Å². The minimum Gasteiger partial charge on any atom is -0.349 e. The summed E-state index contributed by atoms with van der Waals surface area (Å²) in [5.74, 6) is -0.524. The van der Waals surface area contributed by atoms with Crippen LogP contribution in [0.25, 0.3) is 10.9 Å². The fourth-order valence-corrected chi connectivity index (χ4v) is 4.86. The number of aromatic nitrogens is 2. The number of sulfone groups is 1. The van der Waals surface area contributed by atoms with Gasteiger partial charge in [0.2, 0.25) is 9.84 Å². The number of carbonyl (C=O) groups excluding carboxylic acids is 1. The Morgan fingerprint density at radius 3 is 2.48 bits per heavy atom. The highest BCUT2D eigenvalue weighted by Crippen LogP contribution is 2.33. The molecule has 0 radical (unpaired) electrons. The SMILES string of the molecule is O=C(NCc1ccncc1)c1[nH]c2ccc(Cl)cc2c1S(=O)(=O)c1ccccc1. The second-order valence-corrected chi connectivity index (χ2v) is 8.70. The van der Waals surface area contributed by atoms with E-state index in [1.807, 2.05) is 0 Å². The quantitative estimate of drug-likeness (QED) is 0.506. The first kappa shape index (κ1) is 19.2. The molecule has 0 unspecified atom stereocenters. The molecule has 0 aliphatic rings. The van der Waals surface area contributed by atoms with E-state index >= 15 is 0 Å². The van der Waals surface area contributed by atoms with Crippen molar-refractivity contribution < 1.29 is 13.2 Å². The number of carbonyl (C=O) groups is 1. The molecule has 0 aliphatic carbocycles. The van der Waals surface area contributed by atoms with Crippen LogP contribution in [0, 0.1) is 0 Å². The molecule has 1 amide bonds. The van der Waals surface area contributed by atoms with Crippen LogP contribution < -0.4 is 5.32 Å². The van der Waals surface area contributed by atoms with Gasteiger partial charge in [-0.25, -0.2) is 8.42 Å². The van der Waals surface area contributed by atoms with Gasteiger partial charge >= 0.3 is 0 Å². The van der Waals surface area contributed by atoms with E-state index in [1.165, 1.54) is 12.1 Å². The van der Waals surface area contributed by atoms with Crippen LogP contribution in [0.2, 0.25) is 5.02 Å². The van der Waals surface area contributed by atoms with Crippen LogP contribution >= 0.6 is 11.6 Å². The molecule has 0 aliphatic heterocycles. The zero-order chi connectivity index (χ0) is 20.4. The summed E-state index contributed by atoms with van der Waals surface area (Å²) in [4.78, 5) is 19.8. The van der Waals surface area contributed by atoms with Crippen molar-refractivity contribution in [1.29, 1.82) is 0 Å². The number of hydrogen-bond donors (Lipinski definition) is 2. The fourth-order valence-electron chi connectivity index (χ4n) is 3.07. The molecular formula is C21H16ClN3O3S. The molecule has 2 aromatic carbocycles. The predicted molar refractivity (Wildman–Crippen MR) is 111 cm³/mol. The summed E-state index contributed by atoms with van der Waals surface area (Å²) in [6.07, 6.45) is 3.25.